The van der Waals surface area contributed by atoms with Crippen LogP contribution in [0.5, 0.6) is 5.75 Å². The van der Waals surface area contributed by atoms with Crippen LogP contribution in [0.2, 0.25) is 0 Å². The zero-order valence-electron chi connectivity index (χ0n) is 11.2. The van der Waals surface area contributed by atoms with Gasteiger partial charge in [0.05, 0.1) is 11.3 Å². The Morgan fingerprint density at radius 2 is 1.75 bits per heavy atom. The maximum atomic E-state index is 10.6. The lowest BCUT2D eigenvalue weighted by Gasteiger charge is -2.07. The Morgan fingerprint density at radius 3 is 2.30 bits per heavy atom. The van der Waals surface area contributed by atoms with Gasteiger partial charge in [0.2, 0.25) is 0 Å². The van der Waals surface area contributed by atoms with E-state index in [0.29, 0.717) is 5.56 Å². The molecule has 0 radical (unpaired) electrons. The highest BCUT2D eigenvalue weighted by Crippen LogP contribution is 2.35. The first-order valence-corrected chi connectivity index (χ1v) is 7.20. The minimum Gasteiger partial charge on any atom is -0.507 e. The van der Waals surface area contributed by atoms with Crippen molar-refractivity contribution < 1.29 is 15.0 Å². The molecule has 104 valence electrons. The number of phenolic OH excluding ortho intramolecular Hbond substituents is 1. The van der Waals surface area contributed by atoms with E-state index in [-0.39, 0.29) is 12.2 Å². The molecule has 0 aliphatic carbocycles. The maximum Gasteiger partial charge on any atom is 0.307 e. The summed E-state index contributed by atoms with van der Waals surface area (Å²) in [5.41, 5.74) is 1.87. The SMILES string of the molecule is CCc1ccc(Sc2ccc(CC(=O)O)cc2O)cc1. The van der Waals surface area contributed by atoms with E-state index in [4.69, 9.17) is 5.11 Å². The molecule has 0 heterocycles. The number of phenols is 1. The van der Waals surface area contributed by atoms with E-state index in [0.717, 1.165) is 16.2 Å². The molecule has 0 unspecified atom stereocenters. The first-order valence-electron chi connectivity index (χ1n) is 6.39. The van der Waals surface area contributed by atoms with Crippen molar-refractivity contribution in [2.75, 3.05) is 0 Å². The van der Waals surface area contributed by atoms with Crippen LogP contribution in [0.15, 0.2) is 52.3 Å². The smallest absolute Gasteiger partial charge is 0.307 e. The van der Waals surface area contributed by atoms with Crippen molar-refractivity contribution in [2.45, 2.75) is 29.6 Å². The molecular formula is C16H16O3S. The monoisotopic (exact) mass is 288 g/mol. The van der Waals surface area contributed by atoms with Gasteiger partial charge in [-0.1, -0.05) is 36.9 Å². The Kier molecular flexibility index (Phi) is 4.69. The fraction of sp³-hybridized carbons (Fsp3) is 0.188. The minimum absolute atomic E-state index is 0.0797. The molecule has 0 amide bonds. The van der Waals surface area contributed by atoms with Gasteiger partial charge in [0.15, 0.2) is 0 Å². The highest BCUT2D eigenvalue weighted by Gasteiger charge is 2.07. The average Bonchev–Trinajstić information content (AvgIpc) is 2.42. The van der Waals surface area contributed by atoms with Gasteiger partial charge in [-0.25, -0.2) is 0 Å². The summed E-state index contributed by atoms with van der Waals surface area (Å²) in [5.74, 6) is -0.784. The highest BCUT2D eigenvalue weighted by atomic mass is 32.2. The third-order valence-electron chi connectivity index (χ3n) is 2.94. The molecule has 0 bridgehead atoms. The molecular weight excluding hydrogens is 272 g/mol. The van der Waals surface area contributed by atoms with Crippen molar-refractivity contribution in [3.8, 4) is 5.75 Å². The van der Waals surface area contributed by atoms with Crippen LogP contribution in [0.1, 0.15) is 18.1 Å². The quantitative estimate of drug-likeness (QED) is 0.880. The predicted molar refractivity (Wildman–Crippen MR) is 79.4 cm³/mol. The summed E-state index contributed by atoms with van der Waals surface area (Å²) in [6, 6.07) is 13.2. The molecule has 2 rings (SSSR count). The molecule has 0 aliphatic heterocycles. The molecule has 0 aromatic heterocycles. The van der Waals surface area contributed by atoms with Crippen LogP contribution in [0.3, 0.4) is 0 Å². The number of hydrogen-bond donors (Lipinski definition) is 2. The van der Waals surface area contributed by atoms with Crippen LogP contribution in [-0.4, -0.2) is 16.2 Å². The number of benzene rings is 2. The lowest BCUT2D eigenvalue weighted by molar-refractivity contribution is -0.136. The normalized spacial score (nSPS) is 10.4. The number of carboxylic acid groups (broad SMARTS) is 1. The van der Waals surface area contributed by atoms with Gasteiger partial charge >= 0.3 is 5.97 Å². The largest absolute Gasteiger partial charge is 0.507 e. The Balaban J connectivity index is 2.14. The van der Waals surface area contributed by atoms with E-state index in [1.54, 1.807) is 12.1 Å². The molecule has 2 N–H and O–H groups in total. The summed E-state index contributed by atoms with van der Waals surface area (Å²) >= 11 is 1.46. The molecule has 0 fully saturated rings. The zero-order chi connectivity index (χ0) is 14.5. The number of aryl methyl sites for hydroxylation is 1. The van der Waals surface area contributed by atoms with Crippen molar-refractivity contribution in [2.24, 2.45) is 0 Å². The van der Waals surface area contributed by atoms with Crippen LogP contribution in [0.25, 0.3) is 0 Å². The fourth-order valence-corrected chi connectivity index (χ4v) is 2.68. The van der Waals surface area contributed by atoms with Gasteiger partial charge in [-0.2, -0.15) is 0 Å². The first-order chi connectivity index (χ1) is 9.58. The lowest BCUT2D eigenvalue weighted by atomic mass is 10.1. The number of carboxylic acids is 1. The second-order valence-electron chi connectivity index (χ2n) is 4.47. The van der Waals surface area contributed by atoms with Gasteiger partial charge in [-0.15, -0.1) is 0 Å². The third-order valence-corrected chi connectivity index (χ3v) is 4.01. The first kappa shape index (κ1) is 14.5. The van der Waals surface area contributed by atoms with Gasteiger partial charge in [0.1, 0.15) is 5.75 Å². The standard InChI is InChI=1S/C16H16O3S/c1-2-11-3-6-13(7-4-11)20-15-8-5-12(9-14(15)17)10-16(18)19/h3-9,17H,2,10H2,1H3,(H,18,19). The van der Waals surface area contributed by atoms with Crippen LogP contribution >= 0.6 is 11.8 Å². The molecule has 0 saturated heterocycles. The second-order valence-corrected chi connectivity index (χ2v) is 5.59. The number of carbonyl (C=O) groups is 1. The van der Waals surface area contributed by atoms with E-state index in [1.807, 2.05) is 12.1 Å². The lowest BCUT2D eigenvalue weighted by Crippen LogP contribution is -1.99. The highest BCUT2D eigenvalue weighted by molar-refractivity contribution is 7.99. The van der Waals surface area contributed by atoms with Crippen LogP contribution < -0.4 is 0 Å². The minimum atomic E-state index is -0.903. The number of rotatable bonds is 5. The van der Waals surface area contributed by atoms with Gasteiger partial charge in [-0.3, -0.25) is 4.79 Å². The fourth-order valence-electron chi connectivity index (χ4n) is 1.85. The Bertz CT molecular complexity index is 606. The summed E-state index contributed by atoms with van der Waals surface area (Å²) < 4.78 is 0. The van der Waals surface area contributed by atoms with E-state index in [9.17, 15) is 9.90 Å². The van der Waals surface area contributed by atoms with E-state index in [2.05, 4.69) is 19.1 Å². The second kappa shape index (κ2) is 6.48. The van der Waals surface area contributed by atoms with Gasteiger partial charge in [-0.05, 0) is 41.8 Å². The van der Waals surface area contributed by atoms with Gasteiger partial charge in [0.25, 0.3) is 0 Å². The van der Waals surface area contributed by atoms with Crippen LogP contribution in [0.4, 0.5) is 0 Å². The van der Waals surface area contributed by atoms with Gasteiger partial charge < -0.3 is 10.2 Å². The molecule has 2 aromatic rings. The molecule has 4 heteroatoms. The molecule has 0 saturated carbocycles. The Morgan fingerprint density at radius 1 is 1.10 bits per heavy atom. The number of hydrogen-bond acceptors (Lipinski definition) is 3. The van der Waals surface area contributed by atoms with Crippen molar-refractivity contribution in [1.82, 2.24) is 0 Å². The Hall–Kier alpha value is -1.94. The van der Waals surface area contributed by atoms with E-state index < -0.39 is 5.97 Å². The van der Waals surface area contributed by atoms with Crippen LogP contribution in [0, 0.1) is 0 Å². The van der Waals surface area contributed by atoms with Crippen molar-refractivity contribution in [3.05, 3.63) is 53.6 Å². The summed E-state index contributed by atoms with van der Waals surface area (Å²) in [6.07, 6.45) is 0.920. The summed E-state index contributed by atoms with van der Waals surface area (Å²) in [4.78, 5) is 12.4. The zero-order valence-corrected chi connectivity index (χ0v) is 12.0. The van der Waals surface area contributed by atoms with Crippen molar-refractivity contribution >= 4 is 17.7 Å². The molecule has 0 atom stereocenters. The Labute approximate surface area is 122 Å². The summed E-state index contributed by atoms with van der Waals surface area (Å²) in [6.45, 7) is 2.11. The summed E-state index contributed by atoms with van der Waals surface area (Å²) in [7, 11) is 0. The molecule has 2 aromatic carbocycles. The number of aliphatic carboxylic acids is 1. The topological polar surface area (TPSA) is 57.5 Å². The molecule has 0 spiro atoms. The predicted octanol–water partition coefficient (Wildman–Crippen LogP) is 3.73. The molecule has 0 aliphatic rings. The third kappa shape index (κ3) is 3.78. The molecule has 20 heavy (non-hydrogen) atoms. The van der Waals surface area contributed by atoms with E-state index in [1.165, 1.54) is 23.4 Å². The van der Waals surface area contributed by atoms with E-state index >= 15 is 0 Å². The van der Waals surface area contributed by atoms with Crippen LogP contribution in [-0.2, 0) is 17.6 Å². The van der Waals surface area contributed by atoms with Crippen molar-refractivity contribution in [1.29, 1.82) is 0 Å². The van der Waals surface area contributed by atoms with Crippen molar-refractivity contribution in [3.63, 3.8) is 0 Å². The van der Waals surface area contributed by atoms with Gasteiger partial charge in [0, 0.05) is 4.90 Å². The average molecular weight is 288 g/mol. The molecule has 3 nitrogen and oxygen atoms in total. The maximum absolute atomic E-state index is 10.6. The number of aromatic hydroxyl groups is 1. The summed E-state index contributed by atoms with van der Waals surface area (Å²) in [5, 5.41) is 18.7.